The maximum absolute atomic E-state index is 14.1. The molecule has 0 saturated carbocycles. The Balaban J connectivity index is 1.15. The molecule has 0 spiro atoms. The zero-order chi connectivity index (χ0) is 44.0. The molecule has 2 aliphatic heterocycles. The minimum absolute atomic E-state index is 0.0103. The second-order valence-corrected chi connectivity index (χ2v) is 19.2. The number of ether oxygens (including phenoxy) is 3. The number of aliphatic imine (C=N–C) groups is 1. The van der Waals surface area contributed by atoms with E-state index in [0.29, 0.717) is 50.0 Å². The summed E-state index contributed by atoms with van der Waals surface area (Å²) in [6, 6.07) is 10.9. The molecule has 1 atom stereocenters. The van der Waals surface area contributed by atoms with Gasteiger partial charge >= 0.3 is 12.2 Å². The smallest absolute Gasteiger partial charge is 0.437 e. The standard InChI is InChI=1S/C41H53Cl2N7O9S/c1-25-13-14-26-10-8-12-31(35(26)45-25)57-24-28-29(42)15-16-32(34(28)43)60(55,56)50-21-9-11-30(50)36(52)46-27-18-22-49(23-19-27)33(51)17-20-44-37(47-38(53)58-40(2,3)4)48-39(54)59-41(5,6)7/h8,10,12-16,27,30H,9,11,17-24H2,1-7H3,(H,46,52)(H2,44,47,48,53,54)/t30-/m0/s1. The van der Waals surface area contributed by atoms with Crippen molar-refractivity contribution in [2.45, 2.75) is 115 Å². The molecular weight excluding hydrogens is 837 g/mol. The third-order valence-corrected chi connectivity index (χ3v) is 12.3. The topological polar surface area (TPSA) is 198 Å². The van der Waals surface area contributed by atoms with E-state index < -0.39 is 45.4 Å². The molecule has 16 nitrogen and oxygen atoms in total. The van der Waals surface area contributed by atoms with E-state index in [2.05, 4.69) is 25.9 Å². The Bertz CT molecular complexity index is 2230. The zero-order valence-electron chi connectivity index (χ0n) is 34.9. The number of benzene rings is 2. The number of sulfonamides is 1. The normalized spacial score (nSPS) is 17.0. The van der Waals surface area contributed by atoms with Crippen LogP contribution in [0.3, 0.4) is 0 Å². The van der Waals surface area contributed by atoms with E-state index in [1.54, 1.807) is 52.5 Å². The van der Waals surface area contributed by atoms with E-state index in [1.807, 2.05) is 31.2 Å². The summed E-state index contributed by atoms with van der Waals surface area (Å²) < 4.78 is 46.0. The van der Waals surface area contributed by atoms with E-state index in [4.69, 9.17) is 37.4 Å². The first-order valence-electron chi connectivity index (χ1n) is 19.7. The Morgan fingerprint density at radius 3 is 2.30 bits per heavy atom. The van der Waals surface area contributed by atoms with Gasteiger partial charge in [-0.05, 0) is 98.4 Å². The van der Waals surface area contributed by atoms with E-state index in [1.165, 1.54) is 16.4 Å². The lowest BCUT2D eigenvalue weighted by atomic mass is 10.0. The molecule has 2 saturated heterocycles. The van der Waals surface area contributed by atoms with Crippen molar-refractivity contribution >= 4 is 74.1 Å². The molecule has 2 aromatic carbocycles. The summed E-state index contributed by atoms with van der Waals surface area (Å²) >= 11 is 13.3. The molecule has 0 aliphatic carbocycles. The number of fused-ring (bicyclic) bond motifs is 1. The van der Waals surface area contributed by atoms with Gasteiger partial charge in [0.25, 0.3) is 0 Å². The number of aryl methyl sites for hydroxylation is 1. The van der Waals surface area contributed by atoms with Gasteiger partial charge in [0, 0.05) is 60.3 Å². The van der Waals surface area contributed by atoms with E-state index >= 15 is 0 Å². The molecule has 60 heavy (non-hydrogen) atoms. The molecule has 3 aromatic rings. The third-order valence-electron chi connectivity index (χ3n) is 9.48. The fraction of sp³-hybridized carbons (Fsp3) is 0.512. The molecule has 0 bridgehead atoms. The van der Waals surface area contributed by atoms with Crippen molar-refractivity contribution < 1.29 is 41.8 Å². The lowest BCUT2D eigenvalue weighted by molar-refractivity contribution is -0.132. The van der Waals surface area contributed by atoms with Crippen LogP contribution in [0.15, 0.2) is 52.4 Å². The highest BCUT2D eigenvalue weighted by molar-refractivity contribution is 7.89. The molecule has 0 unspecified atom stereocenters. The maximum Gasteiger partial charge on any atom is 0.437 e. The van der Waals surface area contributed by atoms with Crippen molar-refractivity contribution in [3.8, 4) is 5.75 Å². The van der Waals surface area contributed by atoms with Crippen LogP contribution in [-0.4, -0.2) is 102 Å². The second kappa shape index (κ2) is 19.3. The monoisotopic (exact) mass is 889 g/mol. The van der Waals surface area contributed by atoms with Crippen LogP contribution < -0.4 is 20.7 Å². The Labute approximate surface area is 360 Å². The molecule has 326 valence electrons. The lowest BCUT2D eigenvalue weighted by Crippen LogP contribution is -2.52. The van der Waals surface area contributed by atoms with Crippen LogP contribution in [0.4, 0.5) is 9.59 Å². The molecule has 3 N–H and O–H groups in total. The minimum Gasteiger partial charge on any atom is -0.487 e. The summed E-state index contributed by atoms with van der Waals surface area (Å²) in [5, 5.41) is 9.22. The highest BCUT2D eigenvalue weighted by Crippen LogP contribution is 2.36. The summed E-state index contributed by atoms with van der Waals surface area (Å²) in [6.45, 7) is 12.7. The van der Waals surface area contributed by atoms with Gasteiger partial charge in [0.2, 0.25) is 27.8 Å². The number of aromatic nitrogens is 1. The van der Waals surface area contributed by atoms with Crippen molar-refractivity contribution in [3.05, 3.63) is 63.8 Å². The number of hydrogen-bond donors (Lipinski definition) is 3. The number of hydrogen-bond acceptors (Lipinski definition) is 10. The number of para-hydroxylation sites is 1. The van der Waals surface area contributed by atoms with Gasteiger partial charge in [-0.2, -0.15) is 4.31 Å². The minimum atomic E-state index is -4.24. The Morgan fingerprint density at radius 2 is 1.62 bits per heavy atom. The average molecular weight is 891 g/mol. The van der Waals surface area contributed by atoms with Crippen molar-refractivity contribution in [1.82, 2.24) is 30.1 Å². The first kappa shape index (κ1) is 46.4. The Morgan fingerprint density at radius 1 is 0.917 bits per heavy atom. The first-order valence-corrected chi connectivity index (χ1v) is 21.9. The van der Waals surface area contributed by atoms with Gasteiger partial charge in [0.05, 0.1) is 5.02 Å². The first-order chi connectivity index (χ1) is 28.1. The molecule has 5 rings (SSSR count). The van der Waals surface area contributed by atoms with Crippen LogP contribution in [0, 0.1) is 6.92 Å². The van der Waals surface area contributed by atoms with Crippen LogP contribution >= 0.6 is 23.2 Å². The molecule has 4 amide bonds. The molecule has 3 heterocycles. The Kier molecular flexibility index (Phi) is 14.9. The molecule has 1 aromatic heterocycles. The number of piperidine rings is 1. The maximum atomic E-state index is 14.1. The van der Waals surface area contributed by atoms with Crippen LogP contribution in [0.2, 0.25) is 10.0 Å². The summed E-state index contributed by atoms with van der Waals surface area (Å²) in [4.78, 5) is 61.4. The fourth-order valence-electron chi connectivity index (χ4n) is 6.71. The number of rotatable bonds is 10. The molecule has 2 fully saturated rings. The van der Waals surface area contributed by atoms with Gasteiger partial charge in [-0.25, -0.2) is 23.0 Å². The number of amides is 4. The number of carbonyl (C=O) groups excluding carboxylic acids is 4. The number of pyridine rings is 1. The van der Waals surface area contributed by atoms with Gasteiger partial charge in [0.15, 0.2) is 0 Å². The van der Waals surface area contributed by atoms with E-state index in [-0.39, 0.29) is 64.5 Å². The van der Waals surface area contributed by atoms with Crippen molar-refractivity contribution in [1.29, 1.82) is 0 Å². The number of nitrogens with zero attached hydrogens (tertiary/aromatic N) is 4. The number of guanidine groups is 1. The quantitative estimate of drug-likeness (QED) is 0.149. The summed E-state index contributed by atoms with van der Waals surface area (Å²) in [7, 11) is -4.24. The highest BCUT2D eigenvalue weighted by atomic mass is 35.5. The summed E-state index contributed by atoms with van der Waals surface area (Å²) in [5.74, 6) is -0.354. The largest absolute Gasteiger partial charge is 0.487 e. The molecule has 0 radical (unpaired) electrons. The van der Waals surface area contributed by atoms with Crippen molar-refractivity contribution in [2.75, 3.05) is 26.2 Å². The molecular formula is C41H53Cl2N7O9S. The summed E-state index contributed by atoms with van der Waals surface area (Å²) in [6.07, 6.45) is -0.0693. The van der Waals surface area contributed by atoms with Gasteiger partial charge < -0.3 is 29.7 Å². The Hall–Kier alpha value is -4.71. The average Bonchev–Trinajstić information content (AvgIpc) is 3.65. The molecule has 2 aliphatic rings. The number of likely N-dealkylation sites (tertiary alicyclic amines) is 1. The van der Waals surface area contributed by atoms with Crippen molar-refractivity contribution in [2.24, 2.45) is 4.99 Å². The van der Waals surface area contributed by atoms with Gasteiger partial charge in [-0.3, -0.25) is 14.9 Å². The highest BCUT2D eigenvalue weighted by Gasteiger charge is 2.41. The third kappa shape index (κ3) is 12.4. The number of alkyl carbamates (subject to hydrolysis) is 1. The lowest BCUT2D eigenvalue weighted by Gasteiger charge is -2.33. The van der Waals surface area contributed by atoms with Crippen LogP contribution in [-0.2, 0) is 35.7 Å². The predicted octanol–water partition coefficient (Wildman–Crippen LogP) is 6.48. The zero-order valence-corrected chi connectivity index (χ0v) is 37.2. The SMILES string of the molecule is Cc1ccc2cccc(OCc3c(Cl)ccc(S(=O)(=O)N4CCC[C@H]4C(=O)NC4CCN(C(=O)CCN/C(=N\C(=O)OC(C)(C)C)NC(=O)OC(C)(C)C)CC4)c3Cl)c2n1. The van der Waals surface area contributed by atoms with Gasteiger partial charge in [-0.15, -0.1) is 4.99 Å². The van der Waals surface area contributed by atoms with E-state index in [0.717, 1.165) is 11.1 Å². The van der Waals surface area contributed by atoms with Gasteiger partial charge in [-0.1, -0.05) is 41.4 Å². The second-order valence-electron chi connectivity index (χ2n) is 16.6. The van der Waals surface area contributed by atoms with E-state index in [9.17, 15) is 27.6 Å². The number of nitrogens with one attached hydrogen (secondary N) is 3. The predicted molar refractivity (Wildman–Crippen MR) is 228 cm³/mol. The number of halogens is 2. The van der Waals surface area contributed by atoms with Crippen LogP contribution in [0.5, 0.6) is 5.75 Å². The van der Waals surface area contributed by atoms with Crippen molar-refractivity contribution in [3.63, 3.8) is 0 Å². The summed E-state index contributed by atoms with van der Waals surface area (Å²) in [5.41, 5.74) is 0.120. The number of carbonyl (C=O) groups is 4. The van der Waals surface area contributed by atoms with Crippen LogP contribution in [0.25, 0.3) is 10.9 Å². The van der Waals surface area contributed by atoms with Crippen LogP contribution in [0.1, 0.15) is 84.9 Å². The fourth-order valence-corrected chi connectivity index (χ4v) is 9.23. The van der Waals surface area contributed by atoms with Gasteiger partial charge in [0.1, 0.15) is 40.0 Å². The molecule has 19 heteroatoms.